The Morgan fingerprint density at radius 3 is 3.00 bits per heavy atom. The highest BCUT2D eigenvalue weighted by molar-refractivity contribution is 7.13. The standard InChI is InChI=1S/C11H9N3S2/c1-2-9(16-4-1)11-12-10(13-14-11)6-8-3-5-15-7-8/h1-5,7H,6H2,(H,12,13,14). The molecule has 0 aliphatic carbocycles. The summed E-state index contributed by atoms with van der Waals surface area (Å²) in [4.78, 5) is 5.58. The molecule has 80 valence electrons. The Hall–Kier alpha value is -1.46. The Morgan fingerprint density at radius 2 is 2.25 bits per heavy atom. The third-order valence-corrected chi connectivity index (χ3v) is 3.82. The molecule has 0 aliphatic heterocycles. The molecule has 0 radical (unpaired) electrons. The van der Waals surface area contributed by atoms with E-state index >= 15 is 0 Å². The molecule has 0 saturated carbocycles. The van der Waals surface area contributed by atoms with Gasteiger partial charge in [-0.25, -0.2) is 4.98 Å². The quantitative estimate of drug-likeness (QED) is 0.772. The molecule has 0 aromatic carbocycles. The highest BCUT2D eigenvalue weighted by atomic mass is 32.1. The largest absolute Gasteiger partial charge is 0.262 e. The molecule has 0 fully saturated rings. The van der Waals surface area contributed by atoms with E-state index in [2.05, 4.69) is 32.0 Å². The maximum Gasteiger partial charge on any atom is 0.191 e. The summed E-state index contributed by atoms with van der Waals surface area (Å²) in [5.41, 5.74) is 1.28. The lowest BCUT2D eigenvalue weighted by molar-refractivity contribution is 0.976. The first-order valence-electron chi connectivity index (χ1n) is 4.88. The molecule has 3 nitrogen and oxygen atoms in total. The number of nitrogens with zero attached hydrogens (tertiary/aromatic N) is 2. The summed E-state index contributed by atoms with van der Waals surface area (Å²) in [5, 5.41) is 13.4. The smallest absolute Gasteiger partial charge is 0.191 e. The molecule has 0 amide bonds. The molecular weight excluding hydrogens is 238 g/mol. The molecule has 0 spiro atoms. The summed E-state index contributed by atoms with van der Waals surface area (Å²) in [7, 11) is 0. The number of aromatic amines is 1. The Bertz CT molecular complexity index is 552. The van der Waals surface area contributed by atoms with E-state index in [0.29, 0.717) is 0 Å². The van der Waals surface area contributed by atoms with Crippen molar-refractivity contribution in [3.63, 3.8) is 0 Å². The number of thiophene rings is 2. The van der Waals surface area contributed by atoms with Crippen molar-refractivity contribution in [1.82, 2.24) is 15.2 Å². The number of hydrogen-bond acceptors (Lipinski definition) is 4. The van der Waals surface area contributed by atoms with Gasteiger partial charge in [0.1, 0.15) is 5.82 Å². The van der Waals surface area contributed by atoms with E-state index in [4.69, 9.17) is 0 Å². The molecule has 1 N–H and O–H groups in total. The summed E-state index contributed by atoms with van der Waals surface area (Å²) in [5.74, 6) is 1.71. The second kappa shape index (κ2) is 4.19. The molecule has 0 atom stereocenters. The van der Waals surface area contributed by atoms with Gasteiger partial charge in [0.15, 0.2) is 5.82 Å². The highest BCUT2D eigenvalue weighted by Crippen LogP contribution is 2.21. The number of hydrogen-bond donors (Lipinski definition) is 1. The van der Waals surface area contributed by atoms with Crippen molar-refractivity contribution in [2.45, 2.75) is 6.42 Å². The second-order valence-electron chi connectivity index (χ2n) is 3.39. The van der Waals surface area contributed by atoms with E-state index in [1.165, 1.54) is 5.56 Å². The Morgan fingerprint density at radius 1 is 1.25 bits per heavy atom. The van der Waals surface area contributed by atoms with E-state index in [1.54, 1.807) is 22.7 Å². The van der Waals surface area contributed by atoms with Crippen LogP contribution >= 0.6 is 22.7 Å². The fourth-order valence-electron chi connectivity index (χ4n) is 1.48. The third kappa shape index (κ3) is 1.91. The average Bonchev–Trinajstić information content (AvgIpc) is 2.99. The van der Waals surface area contributed by atoms with Crippen LogP contribution < -0.4 is 0 Å². The third-order valence-electron chi connectivity index (χ3n) is 2.22. The van der Waals surface area contributed by atoms with Gasteiger partial charge < -0.3 is 0 Å². The SMILES string of the molecule is c1csc(-c2n[nH]c(Cc3ccsc3)n2)c1. The molecule has 3 rings (SSSR count). The Labute approximate surface area is 101 Å². The molecule has 16 heavy (non-hydrogen) atoms. The lowest BCUT2D eigenvalue weighted by Gasteiger charge is -1.90. The summed E-state index contributed by atoms with van der Waals surface area (Å²) < 4.78 is 0. The minimum atomic E-state index is 0.792. The van der Waals surface area contributed by atoms with Gasteiger partial charge in [-0.05, 0) is 33.8 Å². The normalized spacial score (nSPS) is 10.8. The van der Waals surface area contributed by atoms with Crippen LogP contribution in [0.15, 0.2) is 34.3 Å². The monoisotopic (exact) mass is 247 g/mol. The topological polar surface area (TPSA) is 41.6 Å². The minimum Gasteiger partial charge on any atom is -0.262 e. The van der Waals surface area contributed by atoms with E-state index < -0.39 is 0 Å². The zero-order valence-electron chi connectivity index (χ0n) is 8.38. The summed E-state index contributed by atoms with van der Waals surface area (Å²) in [6, 6.07) is 6.15. The number of H-pyrrole nitrogens is 1. The van der Waals surface area contributed by atoms with E-state index in [0.717, 1.165) is 22.9 Å². The first-order valence-corrected chi connectivity index (χ1v) is 6.70. The van der Waals surface area contributed by atoms with Crippen molar-refractivity contribution in [3.8, 4) is 10.7 Å². The summed E-state index contributed by atoms with van der Waals surface area (Å²) in [6.07, 6.45) is 0.821. The van der Waals surface area contributed by atoms with Gasteiger partial charge in [-0.3, -0.25) is 5.10 Å². The summed E-state index contributed by atoms with van der Waals surface area (Å²) in [6.45, 7) is 0. The lowest BCUT2D eigenvalue weighted by Crippen LogP contribution is -1.88. The predicted molar refractivity (Wildman–Crippen MR) is 66.8 cm³/mol. The van der Waals surface area contributed by atoms with Crippen LogP contribution in [0, 0.1) is 0 Å². The van der Waals surface area contributed by atoms with Crippen LogP contribution in [0.4, 0.5) is 0 Å². The van der Waals surface area contributed by atoms with Crippen molar-refractivity contribution in [2.75, 3.05) is 0 Å². The van der Waals surface area contributed by atoms with Crippen LogP contribution in [0.2, 0.25) is 0 Å². The van der Waals surface area contributed by atoms with Crippen LogP contribution in [0.25, 0.3) is 10.7 Å². The van der Waals surface area contributed by atoms with Crippen molar-refractivity contribution >= 4 is 22.7 Å². The van der Waals surface area contributed by atoms with Gasteiger partial charge in [0.2, 0.25) is 0 Å². The summed E-state index contributed by atoms with van der Waals surface area (Å²) >= 11 is 3.36. The molecule has 3 aromatic heterocycles. The minimum absolute atomic E-state index is 0.792. The lowest BCUT2D eigenvalue weighted by atomic mass is 10.2. The zero-order valence-corrected chi connectivity index (χ0v) is 10.0. The van der Waals surface area contributed by atoms with Crippen molar-refractivity contribution < 1.29 is 0 Å². The average molecular weight is 247 g/mol. The maximum atomic E-state index is 4.48. The molecule has 5 heteroatoms. The zero-order chi connectivity index (χ0) is 10.8. The first kappa shape index (κ1) is 9.74. The van der Waals surface area contributed by atoms with Crippen molar-refractivity contribution in [3.05, 3.63) is 45.7 Å². The molecule has 3 aromatic rings. The van der Waals surface area contributed by atoms with Gasteiger partial charge >= 0.3 is 0 Å². The van der Waals surface area contributed by atoms with Crippen molar-refractivity contribution in [1.29, 1.82) is 0 Å². The van der Waals surface area contributed by atoms with Gasteiger partial charge in [0.25, 0.3) is 0 Å². The van der Waals surface area contributed by atoms with Gasteiger partial charge in [-0.15, -0.1) is 11.3 Å². The van der Waals surface area contributed by atoms with Gasteiger partial charge in [0.05, 0.1) is 4.88 Å². The van der Waals surface area contributed by atoms with E-state index in [1.807, 2.05) is 17.5 Å². The number of rotatable bonds is 3. The molecule has 0 unspecified atom stereocenters. The van der Waals surface area contributed by atoms with Crippen LogP contribution in [-0.4, -0.2) is 15.2 Å². The molecule has 0 aliphatic rings. The van der Waals surface area contributed by atoms with E-state index in [9.17, 15) is 0 Å². The molecule has 3 heterocycles. The van der Waals surface area contributed by atoms with Gasteiger partial charge in [-0.2, -0.15) is 16.4 Å². The Kier molecular flexibility index (Phi) is 2.55. The predicted octanol–water partition coefficient (Wildman–Crippen LogP) is 3.19. The number of nitrogens with one attached hydrogen (secondary N) is 1. The van der Waals surface area contributed by atoms with Crippen LogP contribution in [-0.2, 0) is 6.42 Å². The van der Waals surface area contributed by atoms with Crippen molar-refractivity contribution in [2.24, 2.45) is 0 Å². The maximum absolute atomic E-state index is 4.48. The molecule has 0 saturated heterocycles. The van der Waals surface area contributed by atoms with Crippen LogP contribution in [0.1, 0.15) is 11.4 Å². The fraction of sp³-hybridized carbons (Fsp3) is 0.0909. The highest BCUT2D eigenvalue weighted by Gasteiger charge is 2.07. The van der Waals surface area contributed by atoms with E-state index in [-0.39, 0.29) is 0 Å². The van der Waals surface area contributed by atoms with Gasteiger partial charge in [0, 0.05) is 6.42 Å². The first-order chi connectivity index (χ1) is 7.92. The van der Waals surface area contributed by atoms with Gasteiger partial charge in [-0.1, -0.05) is 6.07 Å². The van der Waals surface area contributed by atoms with Crippen LogP contribution in [0.5, 0.6) is 0 Å². The van der Waals surface area contributed by atoms with Crippen LogP contribution in [0.3, 0.4) is 0 Å². The molecular formula is C11H9N3S2. The second-order valence-corrected chi connectivity index (χ2v) is 5.12. The molecule has 0 bridgehead atoms. The number of aromatic nitrogens is 3. The fourth-order valence-corrected chi connectivity index (χ4v) is 2.80. The Balaban J connectivity index is 1.83.